The Balaban J connectivity index is 3.01. The van der Waals surface area contributed by atoms with Gasteiger partial charge in [-0.1, -0.05) is 0 Å². The average molecular weight is 191 g/mol. The second-order valence-electron chi connectivity index (χ2n) is 2.00. The number of ether oxygens (including phenoxy) is 1. The van der Waals surface area contributed by atoms with Crippen molar-refractivity contribution >= 4 is 6.29 Å². The standard InChI is InChI=1S/C7H4F3NO2/c8-6-4(3-12)11-2-1-5(6)13-7(9)10/h1-3,7H. The summed E-state index contributed by atoms with van der Waals surface area (Å²) in [4.78, 5) is 13.4. The van der Waals surface area contributed by atoms with E-state index >= 15 is 0 Å². The first-order valence-corrected chi connectivity index (χ1v) is 3.19. The summed E-state index contributed by atoms with van der Waals surface area (Å²) in [5.74, 6) is -1.87. The van der Waals surface area contributed by atoms with E-state index in [1.807, 2.05) is 0 Å². The molecule has 0 aliphatic heterocycles. The molecule has 3 nitrogen and oxygen atoms in total. The molecule has 1 rings (SSSR count). The number of hydrogen-bond acceptors (Lipinski definition) is 3. The van der Waals surface area contributed by atoms with Crippen LogP contribution in [0.25, 0.3) is 0 Å². The van der Waals surface area contributed by atoms with Crippen molar-refractivity contribution in [1.29, 1.82) is 0 Å². The van der Waals surface area contributed by atoms with Crippen molar-refractivity contribution in [2.45, 2.75) is 6.61 Å². The zero-order valence-electron chi connectivity index (χ0n) is 6.21. The molecule has 0 aromatic carbocycles. The maximum Gasteiger partial charge on any atom is 0.387 e. The van der Waals surface area contributed by atoms with E-state index in [9.17, 15) is 18.0 Å². The van der Waals surface area contributed by atoms with Gasteiger partial charge in [0.1, 0.15) is 5.69 Å². The number of hydrogen-bond donors (Lipinski definition) is 0. The highest BCUT2D eigenvalue weighted by molar-refractivity contribution is 5.72. The molecule has 0 amide bonds. The molecule has 0 bridgehead atoms. The topological polar surface area (TPSA) is 39.2 Å². The summed E-state index contributed by atoms with van der Waals surface area (Å²) in [6, 6.07) is 0.911. The third-order valence-electron chi connectivity index (χ3n) is 1.21. The molecular weight excluding hydrogens is 187 g/mol. The Kier molecular flexibility index (Phi) is 2.84. The third kappa shape index (κ3) is 2.17. The minimum Gasteiger partial charge on any atom is -0.432 e. The first kappa shape index (κ1) is 9.50. The zero-order valence-corrected chi connectivity index (χ0v) is 6.21. The van der Waals surface area contributed by atoms with Crippen LogP contribution in [0.4, 0.5) is 13.2 Å². The minimum absolute atomic E-state index is 0.119. The lowest BCUT2D eigenvalue weighted by atomic mass is 10.3. The Morgan fingerprint density at radius 2 is 2.23 bits per heavy atom. The molecule has 0 aliphatic carbocycles. The summed E-state index contributed by atoms with van der Waals surface area (Å²) >= 11 is 0. The van der Waals surface area contributed by atoms with Crippen LogP contribution in [0.3, 0.4) is 0 Å². The molecule has 0 aliphatic rings. The first-order chi connectivity index (χ1) is 6.15. The van der Waals surface area contributed by atoms with Crippen molar-refractivity contribution in [3.05, 3.63) is 23.8 Å². The molecule has 13 heavy (non-hydrogen) atoms. The van der Waals surface area contributed by atoms with Crippen LogP contribution in [0.15, 0.2) is 12.3 Å². The first-order valence-electron chi connectivity index (χ1n) is 3.19. The van der Waals surface area contributed by atoms with Crippen molar-refractivity contribution in [2.75, 3.05) is 0 Å². The number of pyridine rings is 1. The van der Waals surface area contributed by atoms with Crippen LogP contribution in [-0.2, 0) is 0 Å². The maximum absolute atomic E-state index is 12.9. The quantitative estimate of drug-likeness (QED) is 0.681. The lowest BCUT2D eigenvalue weighted by Gasteiger charge is -2.04. The number of carbonyl (C=O) groups is 1. The number of nitrogens with zero attached hydrogens (tertiary/aromatic N) is 1. The van der Waals surface area contributed by atoms with E-state index in [0.717, 1.165) is 12.3 Å². The van der Waals surface area contributed by atoms with Gasteiger partial charge in [0.2, 0.25) is 0 Å². The van der Waals surface area contributed by atoms with Crippen LogP contribution in [0.1, 0.15) is 10.5 Å². The van der Waals surface area contributed by atoms with Crippen molar-refractivity contribution < 1.29 is 22.7 Å². The van der Waals surface area contributed by atoms with Crippen LogP contribution in [0, 0.1) is 5.82 Å². The number of aromatic nitrogens is 1. The fraction of sp³-hybridized carbons (Fsp3) is 0.143. The maximum atomic E-state index is 12.9. The average Bonchev–Trinajstić information content (AvgIpc) is 2.08. The fourth-order valence-corrected chi connectivity index (χ4v) is 0.710. The van der Waals surface area contributed by atoms with Gasteiger partial charge in [-0.25, -0.2) is 4.39 Å². The van der Waals surface area contributed by atoms with Gasteiger partial charge in [-0.15, -0.1) is 0 Å². The molecule has 1 aromatic heterocycles. The molecule has 0 fully saturated rings. The number of halogens is 3. The monoisotopic (exact) mass is 191 g/mol. The van der Waals surface area contributed by atoms with Crippen molar-refractivity contribution in [1.82, 2.24) is 4.98 Å². The van der Waals surface area contributed by atoms with Crippen LogP contribution < -0.4 is 4.74 Å². The number of aldehydes is 1. The predicted octanol–water partition coefficient (Wildman–Crippen LogP) is 1.63. The summed E-state index contributed by atoms with van der Waals surface area (Å²) in [6.45, 7) is -3.13. The molecule has 70 valence electrons. The van der Waals surface area contributed by atoms with Gasteiger partial charge in [-0.2, -0.15) is 8.78 Å². The molecule has 1 heterocycles. The van der Waals surface area contributed by atoms with Gasteiger partial charge in [0, 0.05) is 12.3 Å². The molecule has 1 aromatic rings. The zero-order chi connectivity index (χ0) is 9.84. The summed E-state index contributed by atoms with van der Waals surface area (Å²) in [6.07, 6.45) is 1.12. The Bertz CT molecular complexity index is 317. The summed E-state index contributed by atoms with van der Waals surface area (Å²) in [7, 11) is 0. The van der Waals surface area contributed by atoms with Crippen molar-refractivity contribution in [3.8, 4) is 5.75 Å². The molecule has 0 saturated heterocycles. The predicted molar refractivity (Wildman–Crippen MR) is 36.2 cm³/mol. The summed E-state index contributed by atoms with van der Waals surface area (Å²) < 4.78 is 39.9. The molecule has 0 N–H and O–H groups in total. The molecule has 0 spiro atoms. The second kappa shape index (κ2) is 3.88. The normalized spacial score (nSPS) is 10.2. The molecule has 0 saturated carbocycles. The number of carbonyl (C=O) groups excluding carboxylic acids is 1. The molecule has 0 radical (unpaired) electrons. The highest BCUT2D eigenvalue weighted by atomic mass is 19.3. The highest BCUT2D eigenvalue weighted by Gasteiger charge is 2.13. The number of rotatable bonds is 3. The highest BCUT2D eigenvalue weighted by Crippen LogP contribution is 2.19. The lowest BCUT2D eigenvalue weighted by molar-refractivity contribution is -0.0523. The Hall–Kier alpha value is -1.59. The largest absolute Gasteiger partial charge is 0.432 e. The van der Waals surface area contributed by atoms with Gasteiger partial charge >= 0.3 is 6.61 Å². The van der Waals surface area contributed by atoms with E-state index < -0.39 is 23.9 Å². The van der Waals surface area contributed by atoms with E-state index in [-0.39, 0.29) is 6.29 Å². The molecule has 0 unspecified atom stereocenters. The molecule has 0 atom stereocenters. The van der Waals surface area contributed by atoms with Crippen molar-refractivity contribution in [3.63, 3.8) is 0 Å². The smallest absolute Gasteiger partial charge is 0.387 e. The van der Waals surface area contributed by atoms with Gasteiger partial charge in [0.05, 0.1) is 0 Å². The minimum atomic E-state index is -3.13. The third-order valence-corrected chi connectivity index (χ3v) is 1.21. The summed E-state index contributed by atoms with van der Waals surface area (Å²) in [5.41, 5.74) is -0.557. The fourth-order valence-electron chi connectivity index (χ4n) is 0.710. The Labute approximate surface area is 71.2 Å². The van der Waals surface area contributed by atoms with E-state index in [1.54, 1.807) is 0 Å². The van der Waals surface area contributed by atoms with Gasteiger partial charge in [-0.3, -0.25) is 9.78 Å². The van der Waals surface area contributed by atoms with Crippen LogP contribution in [0.2, 0.25) is 0 Å². The van der Waals surface area contributed by atoms with Crippen LogP contribution in [-0.4, -0.2) is 17.9 Å². The SMILES string of the molecule is O=Cc1nccc(OC(F)F)c1F. The van der Waals surface area contributed by atoms with Gasteiger partial charge in [0.15, 0.2) is 17.9 Å². The van der Waals surface area contributed by atoms with E-state index in [4.69, 9.17) is 0 Å². The van der Waals surface area contributed by atoms with Gasteiger partial charge in [0.25, 0.3) is 0 Å². The van der Waals surface area contributed by atoms with Crippen LogP contribution >= 0.6 is 0 Å². The van der Waals surface area contributed by atoms with Gasteiger partial charge in [-0.05, 0) is 0 Å². The van der Waals surface area contributed by atoms with Gasteiger partial charge < -0.3 is 4.74 Å². The van der Waals surface area contributed by atoms with E-state index in [1.165, 1.54) is 0 Å². The lowest BCUT2D eigenvalue weighted by Crippen LogP contribution is -2.05. The molecule has 6 heteroatoms. The van der Waals surface area contributed by atoms with Crippen LogP contribution in [0.5, 0.6) is 5.75 Å². The van der Waals surface area contributed by atoms with E-state index in [2.05, 4.69) is 9.72 Å². The van der Waals surface area contributed by atoms with E-state index in [0.29, 0.717) is 0 Å². The van der Waals surface area contributed by atoms with Crippen molar-refractivity contribution in [2.24, 2.45) is 0 Å². The molecular formula is C7H4F3NO2. The Morgan fingerprint density at radius 3 is 2.77 bits per heavy atom. The number of alkyl halides is 2. The second-order valence-corrected chi connectivity index (χ2v) is 2.00. The summed E-state index contributed by atoms with van der Waals surface area (Å²) in [5, 5.41) is 0. The Morgan fingerprint density at radius 1 is 1.54 bits per heavy atom.